The Labute approximate surface area is 149 Å². The molecule has 2 heteroatoms. The Hall–Kier alpha value is -1.17. The monoisotopic (exact) mass is 342 g/mol. The SMILES string of the molecule is CCCCCCCCCPOC(c1ccccc1)c1ccccc1. The Kier molecular flexibility index (Phi) is 9.76. The molecule has 0 saturated heterocycles. The molecule has 0 radical (unpaired) electrons. The van der Waals surface area contributed by atoms with E-state index in [4.69, 9.17) is 4.52 Å². The zero-order valence-corrected chi connectivity index (χ0v) is 15.9. The maximum absolute atomic E-state index is 6.29. The van der Waals surface area contributed by atoms with Crippen molar-refractivity contribution in [3.8, 4) is 0 Å². The normalized spacial score (nSPS) is 11.6. The summed E-state index contributed by atoms with van der Waals surface area (Å²) >= 11 is 0. The average molecular weight is 342 g/mol. The Balaban J connectivity index is 1.74. The molecule has 0 aromatic heterocycles. The predicted molar refractivity (Wildman–Crippen MR) is 107 cm³/mol. The second-order valence-electron chi connectivity index (χ2n) is 6.33. The zero-order valence-electron chi connectivity index (χ0n) is 14.9. The Morgan fingerprint density at radius 3 is 1.75 bits per heavy atom. The molecular formula is C22H31OP. The minimum absolute atomic E-state index is 0.0651. The Morgan fingerprint density at radius 1 is 0.708 bits per heavy atom. The number of hydrogen-bond donors (Lipinski definition) is 0. The molecule has 0 heterocycles. The van der Waals surface area contributed by atoms with Gasteiger partial charge in [0, 0.05) is 8.81 Å². The van der Waals surface area contributed by atoms with Gasteiger partial charge >= 0.3 is 0 Å². The Bertz CT molecular complexity index is 487. The number of rotatable bonds is 12. The molecule has 0 fully saturated rings. The van der Waals surface area contributed by atoms with Crippen LogP contribution in [0.5, 0.6) is 0 Å². The van der Waals surface area contributed by atoms with E-state index in [0.717, 1.165) is 0 Å². The van der Waals surface area contributed by atoms with Gasteiger partial charge in [0.05, 0.1) is 0 Å². The minimum atomic E-state index is 0.0651. The van der Waals surface area contributed by atoms with E-state index in [2.05, 4.69) is 67.6 Å². The van der Waals surface area contributed by atoms with Gasteiger partial charge in [0.2, 0.25) is 0 Å². The topological polar surface area (TPSA) is 9.23 Å². The van der Waals surface area contributed by atoms with Gasteiger partial charge in [-0.1, -0.05) is 106 Å². The third-order valence-electron chi connectivity index (χ3n) is 4.29. The molecule has 0 saturated carbocycles. The second kappa shape index (κ2) is 12.2. The molecule has 1 atom stereocenters. The van der Waals surface area contributed by atoms with E-state index in [1.165, 1.54) is 62.2 Å². The third-order valence-corrected chi connectivity index (χ3v) is 5.25. The van der Waals surface area contributed by atoms with Gasteiger partial charge in [-0.25, -0.2) is 0 Å². The summed E-state index contributed by atoms with van der Waals surface area (Å²) in [5.41, 5.74) is 2.49. The van der Waals surface area contributed by atoms with Crippen molar-refractivity contribution in [3.63, 3.8) is 0 Å². The minimum Gasteiger partial charge on any atom is -0.350 e. The highest BCUT2D eigenvalue weighted by Crippen LogP contribution is 2.33. The smallest absolute Gasteiger partial charge is 0.111 e. The fourth-order valence-corrected chi connectivity index (χ4v) is 3.83. The fourth-order valence-electron chi connectivity index (χ4n) is 2.88. The van der Waals surface area contributed by atoms with Gasteiger partial charge < -0.3 is 4.52 Å². The lowest BCUT2D eigenvalue weighted by atomic mass is 10.0. The van der Waals surface area contributed by atoms with E-state index in [-0.39, 0.29) is 6.10 Å². The molecule has 2 rings (SSSR count). The third kappa shape index (κ3) is 7.16. The summed E-state index contributed by atoms with van der Waals surface area (Å²) in [4.78, 5) is 0. The van der Waals surface area contributed by atoms with Crippen molar-refractivity contribution < 1.29 is 4.52 Å². The van der Waals surface area contributed by atoms with Crippen LogP contribution in [0.15, 0.2) is 60.7 Å². The van der Waals surface area contributed by atoms with Gasteiger partial charge in [0.1, 0.15) is 6.10 Å². The maximum Gasteiger partial charge on any atom is 0.111 e. The lowest BCUT2D eigenvalue weighted by Gasteiger charge is -2.18. The van der Waals surface area contributed by atoms with Crippen LogP contribution in [0.4, 0.5) is 0 Å². The van der Waals surface area contributed by atoms with E-state index in [0.29, 0.717) is 8.81 Å². The van der Waals surface area contributed by atoms with Crippen LogP contribution in [0.2, 0.25) is 0 Å². The number of benzene rings is 2. The van der Waals surface area contributed by atoms with Crippen molar-refractivity contribution in [1.82, 2.24) is 0 Å². The predicted octanol–water partition coefficient (Wildman–Crippen LogP) is 7.14. The van der Waals surface area contributed by atoms with Crippen LogP contribution in [0.1, 0.15) is 69.1 Å². The largest absolute Gasteiger partial charge is 0.350 e. The molecule has 0 bridgehead atoms. The first-order valence-electron chi connectivity index (χ1n) is 9.40. The summed E-state index contributed by atoms with van der Waals surface area (Å²) in [5, 5.41) is 0. The quantitative estimate of drug-likeness (QED) is 0.294. The van der Waals surface area contributed by atoms with Crippen LogP contribution in [0.25, 0.3) is 0 Å². The summed E-state index contributed by atoms with van der Waals surface area (Å²) in [5.74, 6) is 0. The second-order valence-corrected chi connectivity index (χ2v) is 7.36. The van der Waals surface area contributed by atoms with Crippen LogP contribution < -0.4 is 0 Å². The van der Waals surface area contributed by atoms with Crippen LogP contribution in [-0.4, -0.2) is 6.16 Å². The molecule has 2 aromatic rings. The van der Waals surface area contributed by atoms with Gasteiger partial charge in [-0.3, -0.25) is 0 Å². The van der Waals surface area contributed by atoms with E-state index in [1.807, 2.05) is 0 Å². The van der Waals surface area contributed by atoms with E-state index < -0.39 is 0 Å². The molecular weight excluding hydrogens is 311 g/mol. The molecule has 0 amide bonds. The highest BCUT2D eigenvalue weighted by molar-refractivity contribution is 7.32. The van der Waals surface area contributed by atoms with Crippen molar-refractivity contribution in [1.29, 1.82) is 0 Å². The van der Waals surface area contributed by atoms with Gasteiger partial charge in [-0.2, -0.15) is 0 Å². The average Bonchev–Trinajstić information content (AvgIpc) is 2.65. The zero-order chi connectivity index (χ0) is 16.9. The van der Waals surface area contributed by atoms with Crippen molar-refractivity contribution in [2.24, 2.45) is 0 Å². The standard InChI is InChI=1S/C22H31OP/c1-2-3-4-5-6-7-14-19-24-23-22(20-15-10-8-11-16-20)21-17-12-9-13-18-21/h8-13,15-18,22,24H,2-7,14,19H2,1H3. The summed E-state index contributed by atoms with van der Waals surface area (Å²) in [6.45, 7) is 2.27. The van der Waals surface area contributed by atoms with Gasteiger partial charge in [-0.05, 0) is 23.7 Å². The van der Waals surface area contributed by atoms with Gasteiger partial charge in [-0.15, -0.1) is 0 Å². The van der Waals surface area contributed by atoms with Crippen LogP contribution in [-0.2, 0) is 4.52 Å². The summed E-state index contributed by atoms with van der Waals surface area (Å²) in [7, 11) is 0.576. The van der Waals surface area contributed by atoms with Gasteiger partial charge in [0.15, 0.2) is 0 Å². The highest BCUT2D eigenvalue weighted by Gasteiger charge is 2.13. The summed E-state index contributed by atoms with van der Waals surface area (Å²) < 4.78 is 6.29. The maximum atomic E-state index is 6.29. The first-order valence-corrected chi connectivity index (χ1v) is 10.5. The number of hydrogen-bond acceptors (Lipinski definition) is 1. The summed E-state index contributed by atoms with van der Waals surface area (Å²) in [6, 6.07) is 21.1. The first kappa shape index (κ1) is 19.2. The lowest BCUT2D eigenvalue weighted by molar-refractivity contribution is 0.285. The highest BCUT2D eigenvalue weighted by atomic mass is 31.1. The summed E-state index contributed by atoms with van der Waals surface area (Å²) in [6.07, 6.45) is 10.8. The lowest BCUT2D eigenvalue weighted by Crippen LogP contribution is -2.01. The fraction of sp³-hybridized carbons (Fsp3) is 0.455. The van der Waals surface area contributed by atoms with E-state index in [9.17, 15) is 0 Å². The van der Waals surface area contributed by atoms with Crippen molar-refractivity contribution in [2.45, 2.75) is 58.0 Å². The van der Waals surface area contributed by atoms with Crippen molar-refractivity contribution in [3.05, 3.63) is 71.8 Å². The van der Waals surface area contributed by atoms with Crippen LogP contribution in [0.3, 0.4) is 0 Å². The molecule has 0 aliphatic heterocycles. The van der Waals surface area contributed by atoms with Crippen molar-refractivity contribution in [2.75, 3.05) is 6.16 Å². The number of unbranched alkanes of at least 4 members (excludes halogenated alkanes) is 6. The molecule has 0 N–H and O–H groups in total. The molecule has 130 valence electrons. The van der Waals surface area contributed by atoms with Crippen molar-refractivity contribution >= 4 is 8.81 Å². The first-order chi connectivity index (χ1) is 11.9. The van der Waals surface area contributed by atoms with E-state index in [1.54, 1.807) is 0 Å². The molecule has 0 aliphatic rings. The molecule has 1 unspecified atom stereocenters. The molecule has 0 spiro atoms. The Morgan fingerprint density at radius 2 is 1.21 bits per heavy atom. The molecule has 0 aliphatic carbocycles. The van der Waals surface area contributed by atoms with Crippen LogP contribution >= 0.6 is 8.81 Å². The molecule has 24 heavy (non-hydrogen) atoms. The molecule has 2 aromatic carbocycles. The van der Waals surface area contributed by atoms with E-state index >= 15 is 0 Å². The van der Waals surface area contributed by atoms with Crippen LogP contribution in [0, 0.1) is 0 Å². The molecule has 1 nitrogen and oxygen atoms in total. The van der Waals surface area contributed by atoms with Gasteiger partial charge in [0.25, 0.3) is 0 Å².